The maximum Gasteiger partial charge on any atom is 0.390 e. The zero-order valence-corrected chi connectivity index (χ0v) is 15.7. The Morgan fingerprint density at radius 3 is 2.36 bits per heavy atom. The highest BCUT2D eigenvalue weighted by Gasteiger charge is 2.26. The third kappa shape index (κ3) is 9.70. The molecule has 0 spiro atoms. The summed E-state index contributed by atoms with van der Waals surface area (Å²) >= 11 is 0. The first-order valence-electron chi connectivity index (χ1n) is 7.78. The first-order valence-corrected chi connectivity index (χ1v) is 7.78. The van der Waals surface area contributed by atoms with Crippen LogP contribution in [0.5, 0.6) is 0 Å². The number of hydrogen-bond donors (Lipinski definition) is 2. The van der Waals surface area contributed by atoms with Gasteiger partial charge < -0.3 is 15.5 Å². The second-order valence-electron chi connectivity index (χ2n) is 5.39. The Kier molecular flexibility index (Phi) is 11.2. The number of piperidine rings is 1. The summed E-state index contributed by atoms with van der Waals surface area (Å²) in [4.78, 5) is 6.43. The van der Waals surface area contributed by atoms with E-state index in [-0.39, 0.29) is 30.5 Å². The van der Waals surface area contributed by atoms with Crippen LogP contribution in [0.1, 0.15) is 39.5 Å². The number of likely N-dealkylation sites (tertiary alicyclic amines) is 1. The molecule has 8 heteroatoms. The van der Waals surface area contributed by atoms with Crippen molar-refractivity contribution in [1.82, 2.24) is 15.5 Å². The highest BCUT2D eigenvalue weighted by Crippen LogP contribution is 2.19. The van der Waals surface area contributed by atoms with Gasteiger partial charge in [0.1, 0.15) is 0 Å². The van der Waals surface area contributed by atoms with Crippen LogP contribution in [0.3, 0.4) is 0 Å². The molecule has 0 aliphatic carbocycles. The van der Waals surface area contributed by atoms with Gasteiger partial charge in [0.2, 0.25) is 0 Å². The fourth-order valence-corrected chi connectivity index (χ4v) is 2.42. The van der Waals surface area contributed by atoms with Crippen molar-refractivity contribution in [2.45, 2.75) is 51.7 Å². The van der Waals surface area contributed by atoms with Gasteiger partial charge in [-0.25, -0.2) is 0 Å². The first kappa shape index (κ1) is 21.8. The summed E-state index contributed by atoms with van der Waals surface area (Å²) in [5.41, 5.74) is 0. The minimum Gasteiger partial charge on any atom is -0.357 e. The molecule has 22 heavy (non-hydrogen) atoms. The summed E-state index contributed by atoms with van der Waals surface area (Å²) in [7, 11) is 0. The van der Waals surface area contributed by atoms with E-state index in [0.717, 1.165) is 38.9 Å². The van der Waals surface area contributed by atoms with Crippen molar-refractivity contribution >= 4 is 29.9 Å². The van der Waals surface area contributed by atoms with Crippen molar-refractivity contribution in [3.63, 3.8) is 0 Å². The van der Waals surface area contributed by atoms with Crippen LogP contribution < -0.4 is 10.6 Å². The van der Waals surface area contributed by atoms with E-state index in [1.807, 2.05) is 6.92 Å². The number of nitrogens with zero attached hydrogens (tertiary/aromatic N) is 2. The van der Waals surface area contributed by atoms with Crippen LogP contribution in [-0.4, -0.2) is 55.8 Å². The van der Waals surface area contributed by atoms with Gasteiger partial charge in [0.15, 0.2) is 5.96 Å². The maximum atomic E-state index is 12.2. The number of guanidine groups is 1. The van der Waals surface area contributed by atoms with Gasteiger partial charge in [-0.2, -0.15) is 13.2 Å². The van der Waals surface area contributed by atoms with E-state index < -0.39 is 12.6 Å². The molecule has 1 heterocycles. The van der Waals surface area contributed by atoms with Crippen molar-refractivity contribution in [3.05, 3.63) is 0 Å². The SMILES string of the molecule is CCCN1CCC(NC(=NCCC(F)(F)F)NCC)CC1.I. The summed E-state index contributed by atoms with van der Waals surface area (Å²) < 4.78 is 36.5. The van der Waals surface area contributed by atoms with E-state index in [1.165, 1.54) is 0 Å². The molecule has 1 saturated heterocycles. The number of hydrogen-bond acceptors (Lipinski definition) is 2. The summed E-state index contributed by atoms with van der Waals surface area (Å²) in [6.07, 6.45) is -1.86. The lowest BCUT2D eigenvalue weighted by Gasteiger charge is -2.32. The Labute approximate surface area is 148 Å². The molecular weight excluding hydrogens is 408 g/mol. The molecule has 0 unspecified atom stereocenters. The van der Waals surface area contributed by atoms with Gasteiger partial charge in [-0.05, 0) is 32.7 Å². The highest BCUT2D eigenvalue weighted by atomic mass is 127. The van der Waals surface area contributed by atoms with Crippen LogP contribution in [0.25, 0.3) is 0 Å². The molecule has 1 rings (SSSR count). The Morgan fingerprint density at radius 1 is 1.23 bits per heavy atom. The van der Waals surface area contributed by atoms with Gasteiger partial charge in [0.25, 0.3) is 0 Å². The summed E-state index contributed by atoms with van der Waals surface area (Å²) in [6, 6.07) is 0.293. The van der Waals surface area contributed by atoms with Gasteiger partial charge in [-0.3, -0.25) is 4.99 Å². The van der Waals surface area contributed by atoms with Crippen LogP contribution in [0.4, 0.5) is 13.2 Å². The standard InChI is InChI=1S/C14H27F3N4.HI/c1-3-9-21-10-5-12(6-11-21)20-13(18-4-2)19-8-7-14(15,16)17;/h12H,3-11H2,1-2H3,(H2,18,19,20);1H. The quantitative estimate of drug-likeness (QED) is 0.382. The molecular formula is C14H28F3IN4. The molecule has 4 nitrogen and oxygen atoms in total. The fourth-order valence-electron chi connectivity index (χ4n) is 2.42. The van der Waals surface area contributed by atoms with E-state index in [9.17, 15) is 13.2 Å². The summed E-state index contributed by atoms with van der Waals surface area (Å²) in [5.74, 6) is 0.496. The summed E-state index contributed by atoms with van der Waals surface area (Å²) in [6.45, 7) is 7.68. The Morgan fingerprint density at radius 2 is 1.86 bits per heavy atom. The van der Waals surface area contributed by atoms with Crippen molar-refractivity contribution < 1.29 is 13.2 Å². The lowest BCUT2D eigenvalue weighted by atomic mass is 10.1. The van der Waals surface area contributed by atoms with E-state index >= 15 is 0 Å². The van der Waals surface area contributed by atoms with Crippen molar-refractivity contribution in [1.29, 1.82) is 0 Å². The average molecular weight is 436 g/mol. The number of nitrogens with one attached hydrogen (secondary N) is 2. The van der Waals surface area contributed by atoms with Crippen molar-refractivity contribution in [2.24, 2.45) is 4.99 Å². The third-order valence-corrected chi connectivity index (χ3v) is 3.48. The Balaban J connectivity index is 0.00000441. The van der Waals surface area contributed by atoms with E-state index in [4.69, 9.17) is 0 Å². The average Bonchev–Trinajstić information content (AvgIpc) is 2.40. The second-order valence-corrected chi connectivity index (χ2v) is 5.39. The number of halogens is 4. The normalized spacial score (nSPS) is 18.0. The molecule has 2 N–H and O–H groups in total. The third-order valence-electron chi connectivity index (χ3n) is 3.48. The van der Waals surface area contributed by atoms with Gasteiger partial charge in [0, 0.05) is 25.7 Å². The van der Waals surface area contributed by atoms with E-state index in [1.54, 1.807) is 0 Å². The van der Waals surface area contributed by atoms with Gasteiger partial charge in [0.05, 0.1) is 13.0 Å². The second kappa shape index (κ2) is 11.3. The number of alkyl halides is 3. The number of aliphatic imine (C=N–C) groups is 1. The summed E-state index contributed by atoms with van der Waals surface area (Å²) in [5, 5.41) is 6.26. The molecule has 0 aromatic rings. The monoisotopic (exact) mass is 436 g/mol. The molecule has 1 aliphatic heterocycles. The van der Waals surface area contributed by atoms with Crippen molar-refractivity contribution in [2.75, 3.05) is 32.7 Å². The molecule has 0 saturated carbocycles. The minimum absolute atomic E-state index is 0. The Hall–Kier alpha value is -0.250. The predicted molar refractivity (Wildman–Crippen MR) is 95.0 cm³/mol. The van der Waals surface area contributed by atoms with Gasteiger partial charge in [-0.15, -0.1) is 24.0 Å². The van der Waals surface area contributed by atoms with Crippen LogP contribution >= 0.6 is 24.0 Å². The topological polar surface area (TPSA) is 39.7 Å². The largest absolute Gasteiger partial charge is 0.390 e. The van der Waals surface area contributed by atoms with Crippen LogP contribution in [0.15, 0.2) is 4.99 Å². The molecule has 1 aliphatic rings. The van der Waals surface area contributed by atoms with Crippen LogP contribution in [0, 0.1) is 0 Å². The smallest absolute Gasteiger partial charge is 0.357 e. The lowest BCUT2D eigenvalue weighted by molar-refractivity contribution is -0.132. The molecule has 0 amide bonds. The van der Waals surface area contributed by atoms with Crippen molar-refractivity contribution in [3.8, 4) is 0 Å². The maximum absolute atomic E-state index is 12.2. The highest BCUT2D eigenvalue weighted by molar-refractivity contribution is 14.0. The molecule has 0 radical (unpaired) electrons. The Bertz CT molecular complexity index is 316. The molecule has 0 bridgehead atoms. The van der Waals surface area contributed by atoms with Crippen LogP contribution in [0.2, 0.25) is 0 Å². The minimum atomic E-state index is -4.15. The van der Waals surface area contributed by atoms with Gasteiger partial charge in [-0.1, -0.05) is 6.92 Å². The zero-order valence-electron chi connectivity index (χ0n) is 13.4. The predicted octanol–water partition coefficient (Wildman–Crippen LogP) is 2.99. The first-order chi connectivity index (χ1) is 9.94. The zero-order chi connectivity index (χ0) is 15.7. The van der Waals surface area contributed by atoms with Gasteiger partial charge >= 0.3 is 6.18 Å². The molecule has 132 valence electrons. The molecule has 0 aromatic carbocycles. The number of rotatable bonds is 6. The van der Waals surface area contributed by atoms with Crippen LogP contribution in [-0.2, 0) is 0 Å². The van der Waals surface area contributed by atoms with E-state index in [0.29, 0.717) is 18.5 Å². The fraction of sp³-hybridized carbons (Fsp3) is 0.929. The molecule has 1 fully saturated rings. The molecule has 0 aromatic heterocycles. The van der Waals surface area contributed by atoms with E-state index in [2.05, 4.69) is 27.4 Å². The lowest BCUT2D eigenvalue weighted by Crippen LogP contribution is -2.48. The molecule has 0 atom stereocenters.